The number of hydrogen-bond donors (Lipinski definition) is 1. The molecule has 3 nitrogen and oxygen atoms in total. The van der Waals surface area contributed by atoms with Crippen molar-refractivity contribution in [3.05, 3.63) is 27.7 Å². The molecule has 0 aliphatic heterocycles. The number of nitrogens with one attached hydrogen (secondary N) is 1. The average Bonchev–Trinajstić information content (AvgIpc) is 2.38. The predicted molar refractivity (Wildman–Crippen MR) is 78.8 cm³/mol. The van der Waals surface area contributed by atoms with Gasteiger partial charge >= 0.3 is 0 Å². The van der Waals surface area contributed by atoms with E-state index in [1.54, 1.807) is 6.07 Å². The van der Waals surface area contributed by atoms with Crippen molar-refractivity contribution in [1.29, 1.82) is 5.26 Å². The highest BCUT2D eigenvalue weighted by Crippen LogP contribution is 2.33. The molecule has 1 aromatic rings. The standard InChI is InChI=1S/C14H18Cl2N2O/c1-3-5-18-9-10-6-11(15)7-13(16)14(10)19-12(4-2)8-17/h6-7,12,18H,3-5,9H2,1-2H3. The molecule has 104 valence electrons. The van der Waals surface area contributed by atoms with Crippen molar-refractivity contribution in [2.45, 2.75) is 39.3 Å². The molecular formula is C14H18Cl2N2O. The number of ether oxygens (including phenoxy) is 1. The van der Waals surface area contributed by atoms with E-state index in [0.29, 0.717) is 28.8 Å². The first-order chi connectivity index (χ1) is 9.12. The van der Waals surface area contributed by atoms with Crippen molar-refractivity contribution >= 4 is 23.2 Å². The van der Waals surface area contributed by atoms with E-state index in [2.05, 4.69) is 18.3 Å². The topological polar surface area (TPSA) is 45.0 Å². The number of rotatable bonds is 7. The summed E-state index contributed by atoms with van der Waals surface area (Å²) in [6, 6.07) is 5.55. The minimum absolute atomic E-state index is 0.439. The Labute approximate surface area is 124 Å². The van der Waals surface area contributed by atoms with Crippen molar-refractivity contribution in [3.8, 4) is 11.8 Å². The van der Waals surface area contributed by atoms with Gasteiger partial charge < -0.3 is 10.1 Å². The molecule has 0 bridgehead atoms. The molecule has 1 atom stereocenters. The summed E-state index contributed by atoms with van der Waals surface area (Å²) < 4.78 is 5.67. The molecule has 0 heterocycles. The number of halogens is 2. The van der Waals surface area contributed by atoms with Crippen LogP contribution in [0.4, 0.5) is 0 Å². The average molecular weight is 301 g/mol. The zero-order valence-electron chi connectivity index (χ0n) is 11.2. The van der Waals surface area contributed by atoms with Crippen LogP contribution in [-0.4, -0.2) is 12.6 Å². The first-order valence-corrected chi connectivity index (χ1v) is 7.12. The van der Waals surface area contributed by atoms with Gasteiger partial charge in [-0.25, -0.2) is 0 Å². The first kappa shape index (κ1) is 16.1. The number of hydrogen-bond acceptors (Lipinski definition) is 3. The summed E-state index contributed by atoms with van der Waals surface area (Å²) in [5.74, 6) is 0.545. The van der Waals surface area contributed by atoms with Crippen LogP contribution in [0.3, 0.4) is 0 Å². The quantitative estimate of drug-likeness (QED) is 0.769. The summed E-state index contributed by atoms with van der Waals surface area (Å²) in [7, 11) is 0. The highest BCUT2D eigenvalue weighted by Gasteiger charge is 2.15. The Morgan fingerprint density at radius 3 is 2.68 bits per heavy atom. The second-order valence-corrected chi connectivity index (χ2v) is 5.04. The van der Waals surface area contributed by atoms with E-state index in [1.165, 1.54) is 0 Å². The van der Waals surface area contributed by atoms with E-state index in [-0.39, 0.29) is 0 Å². The molecule has 0 aromatic heterocycles. The molecule has 0 aliphatic rings. The van der Waals surface area contributed by atoms with Gasteiger partial charge in [-0.1, -0.05) is 37.0 Å². The van der Waals surface area contributed by atoms with Crippen molar-refractivity contribution in [1.82, 2.24) is 5.32 Å². The SMILES string of the molecule is CCCNCc1cc(Cl)cc(Cl)c1OC(C#N)CC. The van der Waals surface area contributed by atoms with Crippen LogP contribution in [0, 0.1) is 11.3 Å². The molecule has 5 heteroatoms. The van der Waals surface area contributed by atoms with Gasteiger partial charge in [-0.3, -0.25) is 0 Å². The van der Waals surface area contributed by atoms with Crippen molar-refractivity contribution in [3.63, 3.8) is 0 Å². The lowest BCUT2D eigenvalue weighted by Crippen LogP contribution is -2.18. The lowest BCUT2D eigenvalue weighted by Gasteiger charge is -2.16. The molecule has 1 rings (SSSR count). The second kappa shape index (κ2) is 8.27. The van der Waals surface area contributed by atoms with E-state index in [0.717, 1.165) is 18.5 Å². The van der Waals surface area contributed by atoms with Gasteiger partial charge in [-0.2, -0.15) is 5.26 Å². The molecule has 1 N–H and O–H groups in total. The number of benzene rings is 1. The Balaban J connectivity index is 2.96. The van der Waals surface area contributed by atoms with Gasteiger partial charge in [0, 0.05) is 17.1 Å². The van der Waals surface area contributed by atoms with Crippen LogP contribution < -0.4 is 10.1 Å². The summed E-state index contributed by atoms with van der Waals surface area (Å²) in [5, 5.41) is 13.3. The van der Waals surface area contributed by atoms with E-state index in [9.17, 15) is 0 Å². The fourth-order valence-electron chi connectivity index (χ4n) is 1.62. The lowest BCUT2D eigenvalue weighted by atomic mass is 10.2. The molecule has 0 radical (unpaired) electrons. The van der Waals surface area contributed by atoms with Crippen LogP contribution in [0.15, 0.2) is 12.1 Å². The monoisotopic (exact) mass is 300 g/mol. The maximum atomic E-state index is 8.98. The zero-order valence-corrected chi connectivity index (χ0v) is 12.7. The van der Waals surface area contributed by atoms with Crippen molar-refractivity contribution in [2.24, 2.45) is 0 Å². The molecular weight excluding hydrogens is 283 g/mol. The third kappa shape index (κ3) is 4.91. The molecule has 0 spiro atoms. The minimum atomic E-state index is -0.497. The van der Waals surface area contributed by atoms with Crippen LogP contribution in [0.2, 0.25) is 10.0 Å². The van der Waals surface area contributed by atoms with Gasteiger partial charge in [0.2, 0.25) is 0 Å². The van der Waals surface area contributed by atoms with E-state index >= 15 is 0 Å². The molecule has 19 heavy (non-hydrogen) atoms. The smallest absolute Gasteiger partial charge is 0.184 e. The normalized spacial score (nSPS) is 11.9. The zero-order chi connectivity index (χ0) is 14.3. The summed E-state index contributed by atoms with van der Waals surface area (Å²) >= 11 is 12.2. The van der Waals surface area contributed by atoms with Gasteiger partial charge in [0.05, 0.1) is 5.02 Å². The molecule has 0 amide bonds. The van der Waals surface area contributed by atoms with Gasteiger partial charge in [0.15, 0.2) is 6.10 Å². The Morgan fingerprint density at radius 1 is 1.37 bits per heavy atom. The Bertz CT molecular complexity index is 457. The van der Waals surface area contributed by atoms with E-state index in [1.807, 2.05) is 13.0 Å². The maximum Gasteiger partial charge on any atom is 0.184 e. The second-order valence-electron chi connectivity index (χ2n) is 4.20. The maximum absolute atomic E-state index is 8.98. The molecule has 1 aromatic carbocycles. The highest BCUT2D eigenvalue weighted by molar-refractivity contribution is 6.35. The molecule has 0 saturated carbocycles. The molecule has 1 unspecified atom stereocenters. The van der Waals surface area contributed by atoms with Crippen LogP contribution >= 0.6 is 23.2 Å². The fourth-order valence-corrected chi connectivity index (χ4v) is 2.20. The molecule has 0 saturated heterocycles. The van der Waals surface area contributed by atoms with E-state index < -0.39 is 6.10 Å². The summed E-state index contributed by atoms with van der Waals surface area (Å²) in [4.78, 5) is 0. The van der Waals surface area contributed by atoms with Crippen LogP contribution in [-0.2, 0) is 6.54 Å². The largest absolute Gasteiger partial charge is 0.474 e. The van der Waals surface area contributed by atoms with Gasteiger partial charge in [-0.15, -0.1) is 0 Å². The van der Waals surface area contributed by atoms with Crippen LogP contribution in [0.25, 0.3) is 0 Å². The molecule has 0 aliphatic carbocycles. The van der Waals surface area contributed by atoms with Gasteiger partial charge in [-0.05, 0) is 31.5 Å². The fraction of sp³-hybridized carbons (Fsp3) is 0.500. The lowest BCUT2D eigenvalue weighted by molar-refractivity contribution is 0.249. The predicted octanol–water partition coefficient (Wildman–Crippen LogP) is 4.17. The Morgan fingerprint density at radius 2 is 2.11 bits per heavy atom. The van der Waals surface area contributed by atoms with Crippen molar-refractivity contribution < 1.29 is 4.74 Å². The van der Waals surface area contributed by atoms with Crippen molar-refractivity contribution in [2.75, 3.05) is 6.54 Å². The van der Waals surface area contributed by atoms with Gasteiger partial charge in [0.1, 0.15) is 11.8 Å². The summed E-state index contributed by atoms with van der Waals surface area (Å²) in [5.41, 5.74) is 0.875. The Kier molecular flexibility index (Phi) is 7.01. The third-order valence-corrected chi connectivity index (χ3v) is 3.10. The third-order valence-electron chi connectivity index (χ3n) is 2.60. The van der Waals surface area contributed by atoms with Crippen LogP contribution in [0.5, 0.6) is 5.75 Å². The van der Waals surface area contributed by atoms with Crippen LogP contribution in [0.1, 0.15) is 32.3 Å². The Hall–Kier alpha value is -0.950. The molecule has 0 fully saturated rings. The number of nitriles is 1. The summed E-state index contributed by atoms with van der Waals surface area (Å²) in [6.45, 7) is 5.51. The number of nitrogens with zero attached hydrogens (tertiary/aromatic N) is 1. The van der Waals surface area contributed by atoms with Gasteiger partial charge in [0.25, 0.3) is 0 Å². The van der Waals surface area contributed by atoms with E-state index in [4.69, 9.17) is 33.2 Å². The summed E-state index contributed by atoms with van der Waals surface area (Å²) in [6.07, 6.45) is 1.15. The minimum Gasteiger partial charge on any atom is -0.474 e. The first-order valence-electron chi connectivity index (χ1n) is 6.37. The highest BCUT2D eigenvalue weighted by atomic mass is 35.5.